The van der Waals surface area contributed by atoms with E-state index in [1.807, 2.05) is 0 Å². The molecule has 1 aromatic heterocycles. The molecule has 0 bridgehead atoms. The van der Waals surface area contributed by atoms with Crippen LogP contribution in [-0.2, 0) is 0 Å². The zero-order valence-electron chi connectivity index (χ0n) is 10.1. The Kier molecular flexibility index (Phi) is 2.83. The van der Waals surface area contributed by atoms with Gasteiger partial charge in [-0.25, -0.2) is 8.35 Å². The highest BCUT2D eigenvalue weighted by Crippen LogP contribution is 2.22. The quantitative estimate of drug-likeness (QED) is 0.719. The lowest BCUT2D eigenvalue weighted by atomic mass is 10.2. The van der Waals surface area contributed by atoms with E-state index in [0.29, 0.717) is 10.1 Å². The third-order valence-corrected chi connectivity index (χ3v) is 3.95. The van der Waals surface area contributed by atoms with Crippen LogP contribution in [0.3, 0.4) is 0 Å². The van der Waals surface area contributed by atoms with Crippen molar-refractivity contribution in [1.29, 1.82) is 0 Å². The summed E-state index contributed by atoms with van der Waals surface area (Å²) in [6.45, 7) is 0. The Morgan fingerprint density at radius 3 is 2.58 bits per heavy atom. The second kappa shape index (κ2) is 4.51. The summed E-state index contributed by atoms with van der Waals surface area (Å²) >= 11 is 1.23. The first-order valence-electron chi connectivity index (χ1n) is 5.65. The summed E-state index contributed by atoms with van der Waals surface area (Å²) in [5, 5.41) is 0.530. The third kappa shape index (κ3) is 2.02. The molecule has 3 rings (SSSR count). The van der Waals surface area contributed by atoms with Gasteiger partial charge in [-0.3, -0.25) is 4.79 Å². The molecule has 0 amide bonds. The van der Waals surface area contributed by atoms with E-state index in [0.717, 1.165) is 11.4 Å². The van der Waals surface area contributed by atoms with Gasteiger partial charge in [0.25, 0.3) is 5.56 Å². The van der Waals surface area contributed by atoms with Crippen molar-refractivity contribution in [2.75, 3.05) is 7.11 Å². The summed E-state index contributed by atoms with van der Waals surface area (Å²) in [7, 11) is 1.59. The van der Waals surface area contributed by atoms with E-state index < -0.39 is 0 Å². The minimum absolute atomic E-state index is 0.134. The van der Waals surface area contributed by atoms with Crippen molar-refractivity contribution in [1.82, 2.24) is 3.96 Å². The van der Waals surface area contributed by atoms with Crippen LogP contribution in [0.1, 0.15) is 0 Å². The van der Waals surface area contributed by atoms with Gasteiger partial charge in [-0.1, -0.05) is 11.5 Å². The Morgan fingerprint density at radius 2 is 1.89 bits per heavy atom. The van der Waals surface area contributed by atoms with Crippen LogP contribution >= 0.6 is 11.5 Å². The van der Waals surface area contributed by atoms with Crippen molar-refractivity contribution in [3.63, 3.8) is 0 Å². The minimum Gasteiger partial charge on any atom is -0.497 e. The molecule has 19 heavy (non-hydrogen) atoms. The maximum absolute atomic E-state index is 13.2. The first-order chi connectivity index (χ1) is 9.19. The van der Waals surface area contributed by atoms with Crippen LogP contribution in [0, 0.1) is 5.82 Å². The molecule has 0 unspecified atom stereocenters. The highest BCUT2D eigenvalue weighted by atomic mass is 32.1. The van der Waals surface area contributed by atoms with Gasteiger partial charge < -0.3 is 4.74 Å². The summed E-state index contributed by atoms with van der Waals surface area (Å²) in [4.78, 5) is 12.2. The summed E-state index contributed by atoms with van der Waals surface area (Å²) in [6, 6.07) is 11.4. The SMILES string of the molecule is COc1ccc(-n2sc3cc(F)ccc3c2=O)cc1. The predicted octanol–water partition coefficient (Wildman–Crippen LogP) is 3.20. The molecular weight excluding hydrogens is 265 g/mol. The summed E-state index contributed by atoms with van der Waals surface area (Å²) < 4.78 is 20.4. The number of ether oxygens (including phenoxy) is 1. The normalized spacial score (nSPS) is 10.8. The molecule has 0 fully saturated rings. The lowest BCUT2D eigenvalue weighted by Gasteiger charge is -2.02. The van der Waals surface area contributed by atoms with E-state index in [9.17, 15) is 9.18 Å². The van der Waals surface area contributed by atoms with E-state index in [1.165, 1.54) is 29.7 Å². The highest BCUT2D eigenvalue weighted by Gasteiger charge is 2.09. The molecule has 3 nitrogen and oxygen atoms in total. The number of benzene rings is 2. The second-order valence-corrected chi connectivity index (χ2v) is 5.02. The zero-order valence-corrected chi connectivity index (χ0v) is 10.9. The van der Waals surface area contributed by atoms with Gasteiger partial charge in [-0.05, 0) is 42.5 Å². The summed E-state index contributed by atoms with van der Waals surface area (Å²) in [5.74, 6) is 0.389. The number of rotatable bonds is 2. The van der Waals surface area contributed by atoms with Crippen molar-refractivity contribution in [2.24, 2.45) is 0 Å². The molecule has 0 aliphatic carbocycles. The second-order valence-electron chi connectivity index (χ2n) is 4.03. The van der Waals surface area contributed by atoms with E-state index >= 15 is 0 Å². The van der Waals surface area contributed by atoms with Crippen molar-refractivity contribution in [2.45, 2.75) is 0 Å². The topological polar surface area (TPSA) is 31.2 Å². The molecule has 0 radical (unpaired) electrons. The number of nitrogens with zero attached hydrogens (tertiary/aromatic N) is 1. The maximum Gasteiger partial charge on any atom is 0.273 e. The Morgan fingerprint density at radius 1 is 1.16 bits per heavy atom. The molecule has 0 aliphatic rings. The molecule has 5 heteroatoms. The van der Waals surface area contributed by atoms with Gasteiger partial charge >= 0.3 is 0 Å². The number of halogens is 1. The van der Waals surface area contributed by atoms with E-state index in [-0.39, 0.29) is 11.4 Å². The molecule has 3 aromatic rings. The summed E-state index contributed by atoms with van der Waals surface area (Å²) in [6.07, 6.45) is 0. The third-order valence-electron chi connectivity index (χ3n) is 2.86. The van der Waals surface area contributed by atoms with Gasteiger partial charge in [-0.2, -0.15) is 0 Å². The van der Waals surface area contributed by atoms with Gasteiger partial charge in [0.05, 0.1) is 22.9 Å². The maximum atomic E-state index is 13.2. The molecule has 0 saturated heterocycles. The minimum atomic E-state index is -0.337. The van der Waals surface area contributed by atoms with E-state index in [1.54, 1.807) is 35.3 Å². The van der Waals surface area contributed by atoms with Crippen LogP contribution in [0.15, 0.2) is 47.3 Å². The standard InChI is InChI=1S/C14H10FNO2S/c1-18-11-5-3-10(4-6-11)16-14(17)12-7-2-9(15)8-13(12)19-16/h2-8H,1H3. The lowest BCUT2D eigenvalue weighted by molar-refractivity contribution is 0.415. The first kappa shape index (κ1) is 11.9. The summed E-state index contributed by atoms with van der Waals surface area (Å²) in [5.41, 5.74) is 0.609. The number of methoxy groups -OCH3 is 1. The van der Waals surface area contributed by atoms with E-state index in [2.05, 4.69) is 0 Å². The molecular formula is C14H10FNO2S. The predicted molar refractivity (Wildman–Crippen MR) is 73.9 cm³/mol. The fourth-order valence-electron chi connectivity index (χ4n) is 1.89. The fourth-order valence-corrected chi connectivity index (χ4v) is 2.91. The van der Waals surface area contributed by atoms with Crippen LogP contribution in [0.25, 0.3) is 15.8 Å². The largest absolute Gasteiger partial charge is 0.497 e. The molecule has 0 atom stereocenters. The molecule has 0 aliphatic heterocycles. The van der Waals surface area contributed by atoms with Gasteiger partial charge in [0.1, 0.15) is 11.6 Å². The van der Waals surface area contributed by atoms with Gasteiger partial charge in [0.2, 0.25) is 0 Å². The van der Waals surface area contributed by atoms with Gasteiger partial charge in [-0.15, -0.1) is 0 Å². The van der Waals surface area contributed by atoms with Gasteiger partial charge in [0, 0.05) is 0 Å². The Hall–Kier alpha value is -2.14. The number of hydrogen-bond acceptors (Lipinski definition) is 3. The number of aromatic nitrogens is 1. The monoisotopic (exact) mass is 275 g/mol. The number of fused-ring (bicyclic) bond motifs is 1. The zero-order chi connectivity index (χ0) is 13.4. The molecule has 0 N–H and O–H groups in total. The Bertz CT molecular complexity index is 789. The van der Waals surface area contributed by atoms with Crippen LogP contribution in [0.4, 0.5) is 4.39 Å². The molecule has 0 spiro atoms. The Balaban J connectivity index is 2.19. The van der Waals surface area contributed by atoms with Crippen molar-refractivity contribution >= 4 is 21.6 Å². The average molecular weight is 275 g/mol. The van der Waals surface area contributed by atoms with Gasteiger partial charge in [0.15, 0.2) is 0 Å². The van der Waals surface area contributed by atoms with E-state index in [4.69, 9.17) is 4.74 Å². The smallest absolute Gasteiger partial charge is 0.273 e. The van der Waals surface area contributed by atoms with Crippen molar-refractivity contribution in [3.05, 3.63) is 58.6 Å². The van der Waals surface area contributed by atoms with Crippen LogP contribution in [-0.4, -0.2) is 11.1 Å². The first-order valence-corrected chi connectivity index (χ1v) is 6.42. The van der Waals surface area contributed by atoms with Crippen LogP contribution in [0.2, 0.25) is 0 Å². The van der Waals surface area contributed by atoms with Crippen LogP contribution < -0.4 is 10.3 Å². The van der Waals surface area contributed by atoms with Crippen LogP contribution in [0.5, 0.6) is 5.75 Å². The van der Waals surface area contributed by atoms with Crippen molar-refractivity contribution in [3.8, 4) is 11.4 Å². The average Bonchev–Trinajstić information content (AvgIpc) is 2.75. The molecule has 0 saturated carbocycles. The fraction of sp³-hybridized carbons (Fsp3) is 0.0714. The molecule has 96 valence electrons. The highest BCUT2D eigenvalue weighted by molar-refractivity contribution is 7.14. The lowest BCUT2D eigenvalue weighted by Crippen LogP contribution is -2.10. The Labute approximate surface area is 112 Å². The molecule has 2 aromatic carbocycles. The van der Waals surface area contributed by atoms with Crippen molar-refractivity contribution < 1.29 is 9.13 Å². The number of hydrogen-bond donors (Lipinski definition) is 0. The molecule has 1 heterocycles.